The lowest BCUT2D eigenvalue weighted by Gasteiger charge is -2.25. The fourth-order valence-electron chi connectivity index (χ4n) is 3.74. The average Bonchev–Trinajstić information content (AvgIpc) is 3.19. The summed E-state index contributed by atoms with van der Waals surface area (Å²) in [6.07, 6.45) is 0.927. The van der Waals surface area contributed by atoms with Crippen LogP contribution in [0.25, 0.3) is 10.9 Å². The number of carbonyl (C=O) groups is 1. The summed E-state index contributed by atoms with van der Waals surface area (Å²) in [7, 11) is 0. The van der Waals surface area contributed by atoms with Gasteiger partial charge in [0.15, 0.2) is 0 Å². The van der Waals surface area contributed by atoms with Gasteiger partial charge in [-0.15, -0.1) is 0 Å². The Bertz CT molecular complexity index is 1220. The lowest BCUT2D eigenvalue weighted by Crippen LogP contribution is -2.27. The molecule has 31 heavy (non-hydrogen) atoms. The number of carbonyl (C=O) groups excluding carboxylic acids is 1. The maximum Gasteiger partial charge on any atom is 0.255 e. The van der Waals surface area contributed by atoms with Gasteiger partial charge in [-0.3, -0.25) is 4.79 Å². The fraction of sp³-hybridized carbons (Fsp3) is 0.160. The van der Waals surface area contributed by atoms with Gasteiger partial charge in [0, 0.05) is 33.4 Å². The van der Waals surface area contributed by atoms with Crippen LogP contribution in [0.4, 0.5) is 5.69 Å². The molecular formula is C25H23ClN2O3. The maximum absolute atomic E-state index is 12.6. The zero-order valence-corrected chi connectivity index (χ0v) is 17.8. The van der Waals surface area contributed by atoms with Crippen LogP contribution in [0.1, 0.15) is 27.5 Å². The van der Waals surface area contributed by atoms with E-state index in [1.54, 1.807) is 12.1 Å². The number of halogens is 1. The molecule has 2 unspecified atom stereocenters. The molecule has 0 saturated carbocycles. The molecule has 0 radical (unpaired) electrons. The predicted molar refractivity (Wildman–Crippen MR) is 124 cm³/mol. The molecule has 0 aliphatic carbocycles. The van der Waals surface area contributed by atoms with Crippen molar-refractivity contribution >= 4 is 34.1 Å². The molecule has 4 aromatic rings. The van der Waals surface area contributed by atoms with Crippen LogP contribution in [-0.2, 0) is 0 Å². The normalized spacial score (nSPS) is 13.2. The summed E-state index contributed by atoms with van der Waals surface area (Å²) >= 11 is 6.14. The molecular weight excluding hydrogens is 412 g/mol. The van der Waals surface area contributed by atoms with Gasteiger partial charge in [-0.1, -0.05) is 48.0 Å². The highest BCUT2D eigenvalue weighted by molar-refractivity contribution is 6.31. The van der Waals surface area contributed by atoms with Gasteiger partial charge >= 0.3 is 0 Å². The highest BCUT2D eigenvalue weighted by atomic mass is 35.5. The quantitative estimate of drug-likeness (QED) is 0.408. The van der Waals surface area contributed by atoms with Crippen LogP contribution in [0.5, 0.6) is 0 Å². The van der Waals surface area contributed by atoms with Gasteiger partial charge in [0.05, 0.1) is 12.6 Å². The Hall–Kier alpha value is -3.12. The predicted octanol–water partition coefficient (Wildman–Crippen LogP) is 4.80. The average molecular weight is 435 g/mol. The topological polar surface area (TPSA) is 74.5 Å². The smallest absolute Gasteiger partial charge is 0.255 e. The number of aryl methyl sites for hydroxylation is 1. The van der Waals surface area contributed by atoms with Gasteiger partial charge in [-0.25, -0.2) is 0 Å². The Kier molecular flexibility index (Phi) is 6.09. The Morgan fingerprint density at radius 2 is 1.84 bits per heavy atom. The molecule has 0 saturated heterocycles. The number of nitrogens with one attached hydrogen (secondary N) is 1. The second-order valence-corrected chi connectivity index (χ2v) is 7.93. The van der Waals surface area contributed by atoms with Crippen molar-refractivity contribution in [1.82, 2.24) is 4.57 Å². The van der Waals surface area contributed by atoms with Gasteiger partial charge in [-0.2, -0.15) is 0 Å². The van der Waals surface area contributed by atoms with E-state index in [1.807, 2.05) is 78.4 Å². The number of benzene rings is 3. The standard InChI is InChI=1S/C25H23ClN2O3/c1-16-7-8-19(14-21(16)26)25(31)27-20-9-10-22-18(13-20)11-12-28(22)24(23(30)15-29)17-5-3-2-4-6-17/h2-14,23-24,29-30H,15H2,1H3,(H,27,31). The first kappa shape index (κ1) is 21.1. The zero-order valence-electron chi connectivity index (χ0n) is 17.0. The number of fused-ring (bicyclic) bond motifs is 1. The number of amides is 1. The maximum atomic E-state index is 12.6. The van der Waals surface area contributed by atoms with Crippen molar-refractivity contribution in [3.63, 3.8) is 0 Å². The minimum absolute atomic E-state index is 0.237. The second-order valence-electron chi connectivity index (χ2n) is 7.52. The van der Waals surface area contributed by atoms with E-state index in [9.17, 15) is 15.0 Å². The molecule has 158 valence electrons. The first-order valence-corrected chi connectivity index (χ1v) is 10.4. The fourth-order valence-corrected chi connectivity index (χ4v) is 3.92. The zero-order chi connectivity index (χ0) is 22.0. The SMILES string of the molecule is Cc1ccc(C(=O)Nc2ccc3c(ccn3C(c3ccccc3)C(O)CO)c2)cc1Cl. The first-order valence-electron chi connectivity index (χ1n) is 10.00. The molecule has 4 rings (SSSR count). The minimum Gasteiger partial charge on any atom is -0.394 e. The monoisotopic (exact) mass is 434 g/mol. The van der Waals surface area contributed by atoms with E-state index >= 15 is 0 Å². The van der Waals surface area contributed by atoms with E-state index in [2.05, 4.69) is 5.32 Å². The highest BCUT2D eigenvalue weighted by Crippen LogP contribution is 2.29. The van der Waals surface area contributed by atoms with Crippen LogP contribution in [0.15, 0.2) is 79.0 Å². The van der Waals surface area contributed by atoms with Gasteiger partial charge in [-0.05, 0) is 54.4 Å². The Morgan fingerprint density at radius 1 is 1.06 bits per heavy atom. The number of rotatable bonds is 6. The molecule has 0 spiro atoms. The van der Waals surface area contributed by atoms with Gasteiger partial charge in [0.1, 0.15) is 6.10 Å². The molecule has 3 N–H and O–H groups in total. The van der Waals surface area contributed by atoms with Crippen molar-refractivity contribution in [2.24, 2.45) is 0 Å². The molecule has 1 aromatic heterocycles. The van der Waals surface area contributed by atoms with Crippen molar-refractivity contribution in [1.29, 1.82) is 0 Å². The number of hydrogen-bond donors (Lipinski definition) is 3. The molecule has 2 atom stereocenters. The number of hydrogen-bond acceptors (Lipinski definition) is 3. The van der Waals surface area contributed by atoms with Crippen molar-refractivity contribution in [2.45, 2.75) is 19.1 Å². The first-order chi connectivity index (χ1) is 15.0. The minimum atomic E-state index is -0.955. The molecule has 5 nitrogen and oxygen atoms in total. The van der Waals surface area contributed by atoms with Crippen molar-refractivity contribution in [3.8, 4) is 0 Å². The molecule has 0 bridgehead atoms. The summed E-state index contributed by atoms with van der Waals surface area (Å²) in [6, 6.07) is 21.9. The number of aliphatic hydroxyl groups is 2. The largest absolute Gasteiger partial charge is 0.394 e. The van der Waals surface area contributed by atoms with E-state index in [4.69, 9.17) is 11.6 Å². The molecule has 0 aliphatic rings. The number of nitrogens with zero attached hydrogens (tertiary/aromatic N) is 1. The van der Waals surface area contributed by atoms with E-state index < -0.39 is 12.1 Å². The molecule has 0 aliphatic heterocycles. The van der Waals surface area contributed by atoms with Crippen LogP contribution < -0.4 is 5.32 Å². The summed E-state index contributed by atoms with van der Waals surface area (Å²) in [5, 5.41) is 24.5. The van der Waals surface area contributed by atoms with E-state index in [-0.39, 0.29) is 12.5 Å². The third kappa shape index (κ3) is 4.35. The molecule has 3 aromatic carbocycles. The van der Waals surface area contributed by atoms with Crippen LogP contribution in [0.3, 0.4) is 0 Å². The van der Waals surface area contributed by atoms with Crippen LogP contribution in [-0.4, -0.2) is 33.4 Å². The lowest BCUT2D eigenvalue weighted by atomic mass is 10.0. The number of anilines is 1. The summed E-state index contributed by atoms with van der Waals surface area (Å²) in [4.78, 5) is 12.6. The molecule has 0 fully saturated rings. The third-order valence-electron chi connectivity index (χ3n) is 5.40. The van der Waals surface area contributed by atoms with Crippen molar-refractivity contribution < 1.29 is 15.0 Å². The van der Waals surface area contributed by atoms with Crippen LogP contribution in [0, 0.1) is 6.92 Å². The van der Waals surface area contributed by atoms with Crippen molar-refractivity contribution in [3.05, 3.63) is 101 Å². The van der Waals surface area contributed by atoms with E-state index in [0.717, 1.165) is 22.0 Å². The van der Waals surface area contributed by atoms with Gasteiger partial charge in [0.2, 0.25) is 0 Å². The number of aromatic nitrogens is 1. The lowest BCUT2D eigenvalue weighted by molar-refractivity contribution is 0.0654. The summed E-state index contributed by atoms with van der Waals surface area (Å²) in [6.45, 7) is 1.53. The Labute approximate surface area is 185 Å². The van der Waals surface area contributed by atoms with Gasteiger partial charge < -0.3 is 20.1 Å². The molecule has 1 heterocycles. The third-order valence-corrected chi connectivity index (χ3v) is 5.81. The molecule has 1 amide bonds. The van der Waals surface area contributed by atoms with E-state index in [0.29, 0.717) is 16.3 Å². The van der Waals surface area contributed by atoms with E-state index in [1.165, 1.54) is 0 Å². The van der Waals surface area contributed by atoms with Gasteiger partial charge in [0.25, 0.3) is 5.91 Å². The van der Waals surface area contributed by atoms with Crippen LogP contribution >= 0.6 is 11.6 Å². The summed E-state index contributed by atoms with van der Waals surface area (Å²) in [5.41, 5.74) is 3.85. The Morgan fingerprint density at radius 3 is 2.55 bits per heavy atom. The number of aliphatic hydroxyl groups excluding tert-OH is 2. The second kappa shape index (κ2) is 8.94. The molecule has 6 heteroatoms. The summed E-state index contributed by atoms with van der Waals surface area (Å²) < 4.78 is 1.94. The Balaban J connectivity index is 1.64. The highest BCUT2D eigenvalue weighted by Gasteiger charge is 2.23. The van der Waals surface area contributed by atoms with Crippen LogP contribution in [0.2, 0.25) is 5.02 Å². The summed E-state index contributed by atoms with van der Waals surface area (Å²) in [5.74, 6) is -0.237. The van der Waals surface area contributed by atoms with Crippen molar-refractivity contribution in [2.75, 3.05) is 11.9 Å².